The van der Waals surface area contributed by atoms with Gasteiger partial charge in [0.2, 0.25) is 5.91 Å². The molecule has 4 rings (SSSR count). The first-order valence-electron chi connectivity index (χ1n) is 11.3. The maximum atomic E-state index is 12.7. The van der Waals surface area contributed by atoms with Crippen molar-refractivity contribution in [2.75, 3.05) is 25.0 Å². The molecular weight excluding hydrogens is 410 g/mol. The number of thiophene rings is 1. The summed E-state index contributed by atoms with van der Waals surface area (Å²) in [6.45, 7) is 2.51. The van der Waals surface area contributed by atoms with Crippen molar-refractivity contribution in [2.24, 2.45) is 5.92 Å². The van der Waals surface area contributed by atoms with Gasteiger partial charge in [-0.1, -0.05) is 12.1 Å². The van der Waals surface area contributed by atoms with Gasteiger partial charge in [0.05, 0.1) is 6.42 Å². The van der Waals surface area contributed by atoms with Crippen LogP contribution in [0.5, 0.6) is 0 Å². The lowest BCUT2D eigenvalue weighted by molar-refractivity contribution is -0.137. The van der Waals surface area contributed by atoms with Gasteiger partial charge in [-0.15, -0.1) is 11.3 Å². The smallest absolute Gasteiger partial charge is 0.303 e. The van der Waals surface area contributed by atoms with E-state index in [9.17, 15) is 14.7 Å². The molecule has 1 atom stereocenters. The Morgan fingerprint density at radius 2 is 2.10 bits per heavy atom. The molecule has 6 nitrogen and oxygen atoms in total. The Bertz CT molecular complexity index is 891. The SMILES string of the molecule is O=C(O)CC(CC1CCN(C(=O)CCc2ccc3c(n2)NCCC3)CC1)c1cccs1. The average molecular weight is 442 g/mol. The molecule has 166 valence electrons. The fraction of sp³-hybridized carbons (Fsp3) is 0.542. The summed E-state index contributed by atoms with van der Waals surface area (Å²) in [7, 11) is 0. The maximum Gasteiger partial charge on any atom is 0.303 e. The van der Waals surface area contributed by atoms with Crippen LogP contribution in [0.25, 0.3) is 0 Å². The van der Waals surface area contributed by atoms with Gasteiger partial charge < -0.3 is 15.3 Å². The summed E-state index contributed by atoms with van der Waals surface area (Å²) < 4.78 is 0. The number of hydrogen-bond acceptors (Lipinski definition) is 5. The van der Waals surface area contributed by atoms with Crippen LogP contribution in [0.2, 0.25) is 0 Å². The lowest BCUT2D eigenvalue weighted by Crippen LogP contribution is -2.39. The standard InChI is InChI=1S/C24H31N3O3S/c28-22(8-7-20-6-5-18-3-1-11-25-24(18)26-20)27-12-9-17(10-13-27)15-19(16-23(29)30)21-4-2-14-31-21/h2,4-6,14,17,19H,1,3,7-13,15-16H2,(H,25,26)(H,29,30). The summed E-state index contributed by atoms with van der Waals surface area (Å²) in [5, 5.41) is 14.7. The Hall–Kier alpha value is -2.41. The van der Waals surface area contributed by atoms with Crippen LogP contribution < -0.4 is 5.32 Å². The molecule has 31 heavy (non-hydrogen) atoms. The molecule has 0 aromatic carbocycles. The Morgan fingerprint density at radius 3 is 2.84 bits per heavy atom. The van der Waals surface area contributed by atoms with Crippen molar-refractivity contribution in [1.82, 2.24) is 9.88 Å². The quantitative estimate of drug-likeness (QED) is 0.637. The molecule has 1 unspecified atom stereocenters. The van der Waals surface area contributed by atoms with E-state index >= 15 is 0 Å². The highest BCUT2D eigenvalue weighted by atomic mass is 32.1. The fourth-order valence-electron chi connectivity index (χ4n) is 4.76. The number of aromatic nitrogens is 1. The monoisotopic (exact) mass is 441 g/mol. The second-order valence-corrected chi connectivity index (χ2v) is 9.69. The summed E-state index contributed by atoms with van der Waals surface area (Å²) in [5.74, 6) is 0.999. The summed E-state index contributed by atoms with van der Waals surface area (Å²) >= 11 is 1.64. The third-order valence-electron chi connectivity index (χ3n) is 6.50. The number of fused-ring (bicyclic) bond motifs is 1. The number of hydrogen-bond donors (Lipinski definition) is 2. The van der Waals surface area contributed by atoms with Gasteiger partial charge in [-0.3, -0.25) is 9.59 Å². The van der Waals surface area contributed by atoms with E-state index in [2.05, 4.69) is 17.4 Å². The summed E-state index contributed by atoms with van der Waals surface area (Å²) in [4.78, 5) is 31.9. The van der Waals surface area contributed by atoms with E-state index in [4.69, 9.17) is 4.98 Å². The van der Waals surface area contributed by atoms with Gasteiger partial charge in [-0.2, -0.15) is 0 Å². The van der Waals surface area contributed by atoms with Crippen LogP contribution in [0, 0.1) is 5.92 Å². The number of pyridine rings is 1. The summed E-state index contributed by atoms with van der Waals surface area (Å²) in [6.07, 6.45) is 6.36. The van der Waals surface area contributed by atoms with Gasteiger partial charge in [-0.25, -0.2) is 4.98 Å². The highest BCUT2D eigenvalue weighted by Crippen LogP contribution is 2.34. The first-order chi connectivity index (χ1) is 15.1. The molecule has 7 heteroatoms. The summed E-state index contributed by atoms with van der Waals surface area (Å²) in [6, 6.07) is 8.23. The van der Waals surface area contributed by atoms with E-state index < -0.39 is 5.97 Å². The summed E-state index contributed by atoms with van der Waals surface area (Å²) in [5.41, 5.74) is 2.25. The number of likely N-dealkylation sites (tertiary alicyclic amines) is 1. The second-order valence-electron chi connectivity index (χ2n) is 8.71. The topological polar surface area (TPSA) is 82.5 Å². The third-order valence-corrected chi connectivity index (χ3v) is 7.53. The molecule has 1 fully saturated rings. The maximum absolute atomic E-state index is 12.7. The largest absolute Gasteiger partial charge is 0.481 e. The molecule has 2 N–H and O–H groups in total. The van der Waals surface area contributed by atoms with Crippen molar-refractivity contribution >= 4 is 29.0 Å². The van der Waals surface area contributed by atoms with E-state index in [0.29, 0.717) is 18.8 Å². The molecular formula is C24H31N3O3S. The van der Waals surface area contributed by atoms with Gasteiger partial charge in [0.15, 0.2) is 0 Å². The predicted molar refractivity (Wildman–Crippen MR) is 123 cm³/mol. The minimum Gasteiger partial charge on any atom is -0.481 e. The number of carbonyl (C=O) groups excluding carboxylic acids is 1. The Kier molecular flexibility index (Phi) is 7.22. The molecule has 0 radical (unpaired) electrons. The molecule has 0 aliphatic carbocycles. The van der Waals surface area contributed by atoms with Crippen LogP contribution in [0.15, 0.2) is 29.6 Å². The zero-order valence-electron chi connectivity index (χ0n) is 17.9. The average Bonchev–Trinajstić information content (AvgIpc) is 3.32. The minimum absolute atomic E-state index is 0.0773. The van der Waals surface area contributed by atoms with Crippen molar-refractivity contribution in [3.63, 3.8) is 0 Å². The van der Waals surface area contributed by atoms with Crippen LogP contribution in [0.1, 0.15) is 60.6 Å². The van der Waals surface area contributed by atoms with E-state index in [1.165, 1.54) is 5.56 Å². The molecule has 2 aliphatic heterocycles. The first kappa shape index (κ1) is 21.8. The van der Waals surface area contributed by atoms with Crippen LogP contribution in [-0.2, 0) is 22.4 Å². The van der Waals surface area contributed by atoms with E-state index in [0.717, 1.165) is 68.1 Å². The number of aryl methyl sites for hydroxylation is 2. The normalized spacial score (nSPS) is 17.6. The number of piperidine rings is 1. The zero-order valence-corrected chi connectivity index (χ0v) is 18.7. The van der Waals surface area contributed by atoms with Crippen LogP contribution >= 0.6 is 11.3 Å². The van der Waals surface area contributed by atoms with E-state index in [1.807, 2.05) is 22.4 Å². The van der Waals surface area contributed by atoms with Crippen molar-refractivity contribution in [3.05, 3.63) is 45.8 Å². The number of carboxylic acid groups (broad SMARTS) is 1. The van der Waals surface area contributed by atoms with Gasteiger partial charge >= 0.3 is 5.97 Å². The Morgan fingerprint density at radius 1 is 1.26 bits per heavy atom. The number of nitrogens with zero attached hydrogens (tertiary/aromatic N) is 2. The molecule has 1 amide bonds. The lowest BCUT2D eigenvalue weighted by Gasteiger charge is -2.33. The van der Waals surface area contributed by atoms with Crippen LogP contribution in [0.3, 0.4) is 0 Å². The lowest BCUT2D eigenvalue weighted by atomic mass is 9.85. The van der Waals surface area contributed by atoms with Crippen LogP contribution in [-0.4, -0.2) is 46.5 Å². The van der Waals surface area contributed by atoms with Gasteiger partial charge in [0, 0.05) is 42.5 Å². The third kappa shape index (κ3) is 5.85. The molecule has 2 aromatic heterocycles. The van der Waals surface area contributed by atoms with Crippen molar-refractivity contribution in [1.29, 1.82) is 0 Å². The van der Waals surface area contributed by atoms with Crippen molar-refractivity contribution < 1.29 is 14.7 Å². The number of nitrogens with one attached hydrogen (secondary N) is 1. The molecule has 0 bridgehead atoms. The van der Waals surface area contributed by atoms with E-state index in [-0.39, 0.29) is 18.2 Å². The Labute approximate surface area is 187 Å². The molecule has 4 heterocycles. The number of aliphatic carboxylic acids is 1. The fourth-order valence-corrected chi connectivity index (χ4v) is 5.60. The van der Waals surface area contributed by atoms with Gasteiger partial charge in [0.1, 0.15) is 5.82 Å². The molecule has 1 saturated heterocycles. The first-order valence-corrected chi connectivity index (χ1v) is 12.2. The molecule has 2 aromatic rings. The number of carboxylic acids is 1. The number of amides is 1. The predicted octanol–water partition coefficient (Wildman–Crippen LogP) is 4.32. The molecule has 0 spiro atoms. The minimum atomic E-state index is -0.739. The number of anilines is 1. The van der Waals surface area contributed by atoms with Gasteiger partial charge in [-0.05, 0) is 67.5 Å². The highest BCUT2D eigenvalue weighted by Gasteiger charge is 2.27. The van der Waals surface area contributed by atoms with Gasteiger partial charge in [0.25, 0.3) is 0 Å². The van der Waals surface area contributed by atoms with Crippen molar-refractivity contribution in [2.45, 2.75) is 57.3 Å². The zero-order chi connectivity index (χ0) is 21.6. The van der Waals surface area contributed by atoms with Crippen LogP contribution in [0.4, 0.5) is 5.82 Å². The Balaban J connectivity index is 1.24. The number of rotatable bonds is 8. The molecule has 2 aliphatic rings. The van der Waals surface area contributed by atoms with E-state index in [1.54, 1.807) is 11.3 Å². The number of carbonyl (C=O) groups is 2. The van der Waals surface area contributed by atoms with Crippen molar-refractivity contribution in [3.8, 4) is 0 Å². The molecule has 0 saturated carbocycles. The highest BCUT2D eigenvalue weighted by molar-refractivity contribution is 7.10. The second kappa shape index (κ2) is 10.3.